The van der Waals surface area contributed by atoms with Crippen LogP contribution in [0.5, 0.6) is 0 Å². The minimum atomic E-state index is -0.106. The standard InChI is InChI=1S/C16H25N3O2/c1-10(2)19-8-7-14(18-19)16(21)17-15(12-5-6-12)13(9-20)11-3-4-11/h7-8,10-13,15,20H,3-6,9H2,1-2H3,(H,17,21)/t13-,15-/m1/s1. The topological polar surface area (TPSA) is 67.2 Å². The average molecular weight is 291 g/mol. The van der Waals surface area contributed by atoms with Crippen molar-refractivity contribution in [2.45, 2.75) is 51.6 Å². The van der Waals surface area contributed by atoms with E-state index in [0.29, 0.717) is 17.5 Å². The molecule has 0 aromatic carbocycles. The van der Waals surface area contributed by atoms with E-state index in [-0.39, 0.29) is 30.5 Å². The predicted molar refractivity (Wildman–Crippen MR) is 79.9 cm³/mol. The lowest BCUT2D eigenvalue weighted by Crippen LogP contribution is -2.44. The molecule has 2 atom stereocenters. The molecular formula is C16H25N3O2. The first-order chi connectivity index (χ1) is 10.1. The third-order valence-electron chi connectivity index (χ3n) is 4.70. The second kappa shape index (κ2) is 5.79. The van der Waals surface area contributed by atoms with E-state index in [4.69, 9.17) is 0 Å². The van der Waals surface area contributed by atoms with Crippen LogP contribution in [-0.4, -0.2) is 33.4 Å². The molecule has 0 bridgehead atoms. The number of hydrogen-bond acceptors (Lipinski definition) is 3. The van der Waals surface area contributed by atoms with Crippen molar-refractivity contribution in [3.05, 3.63) is 18.0 Å². The molecule has 0 saturated heterocycles. The zero-order valence-electron chi connectivity index (χ0n) is 12.8. The van der Waals surface area contributed by atoms with Gasteiger partial charge >= 0.3 is 0 Å². The number of aliphatic hydroxyl groups is 1. The number of aromatic nitrogens is 2. The van der Waals surface area contributed by atoms with Gasteiger partial charge in [0.15, 0.2) is 0 Å². The highest BCUT2D eigenvalue weighted by atomic mass is 16.3. The minimum absolute atomic E-state index is 0.106. The number of hydrogen-bond donors (Lipinski definition) is 2. The molecule has 2 fully saturated rings. The molecule has 1 aromatic heterocycles. The highest BCUT2D eigenvalue weighted by molar-refractivity contribution is 5.92. The van der Waals surface area contributed by atoms with Gasteiger partial charge in [0.05, 0.1) is 0 Å². The maximum absolute atomic E-state index is 12.4. The molecule has 5 heteroatoms. The van der Waals surface area contributed by atoms with E-state index in [1.807, 2.05) is 20.0 Å². The smallest absolute Gasteiger partial charge is 0.272 e. The lowest BCUT2D eigenvalue weighted by Gasteiger charge is -2.26. The van der Waals surface area contributed by atoms with Crippen molar-refractivity contribution in [3.8, 4) is 0 Å². The third-order valence-corrected chi connectivity index (χ3v) is 4.70. The molecule has 2 aliphatic rings. The van der Waals surface area contributed by atoms with Gasteiger partial charge < -0.3 is 10.4 Å². The second-order valence-corrected chi connectivity index (χ2v) is 6.80. The fourth-order valence-corrected chi connectivity index (χ4v) is 3.08. The van der Waals surface area contributed by atoms with E-state index < -0.39 is 0 Å². The second-order valence-electron chi connectivity index (χ2n) is 6.80. The summed E-state index contributed by atoms with van der Waals surface area (Å²) in [7, 11) is 0. The molecule has 0 spiro atoms. The summed E-state index contributed by atoms with van der Waals surface area (Å²) >= 11 is 0. The van der Waals surface area contributed by atoms with Crippen LogP contribution in [0.25, 0.3) is 0 Å². The number of rotatable bonds is 7. The number of nitrogens with one attached hydrogen (secondary N) is 1. The molecule has 2 N–H and O–H groups in total. The van der Waals surface area contributed by atoms with Crippen LogP contribution in [0.4, 0.5) is 0 Å². The number of nitrogens with zero attached hydrogens (tertiary/aromatic N) is 2. The summed E-state index contributed by atoms with van der Waals surface area (Å²) in [6.45, 7) is 4.25. The van der Waals surface area contributed by atoms with E-state index in [2.05, 4.69) is 10.4 Å². The van der Waals surface area contributed by atoms with E-state index in [1.165, 1.54) is 12.8 Å². The van der Waals surface area contributed by atoms with E-state index in [9.17, 15) is 9.90 Å². The molecule has 2 aliphatic carbocycles. The fraction of sp³-hybridized carbons (Fsp3) is 0.750. The molecule has 1 heterocycles. The number of carbonyl (C=O) groups is 1. The van der Waals surface area contributed by atoms with E-state index in [1.54, 1.807) is 10.7 Å². The van der Waals surface area contributed by atoms with Gasteiger partial charge in [0, 0.05) is 30.8 Å². The lowest BCUT2D eigenvalue weighted by atomic mass is 9.91. The Hall–Kier alpha value is -1.36. The maximum Gasteiger partial charge on any atom is 0.272 e. The quantitative estimate of drug-likeness (QED) is 0.807. The first-order valence-electron chi connectivity index (χ1n) is 8.07. The molecule has 3 rings (SSSR count). The van der Waals surface area contributed by atoms with Gasteiger partial charge in [-0.2, -0.15) is 5.10 Å². The summed E-state index contributed by atoms with van der Waals surface area (Å²) in [4.78, 5) is 12.4. The number of carbonyl (C=O) groups excluding carboxylic acids is 1. The van der Waals surface area contributed by atoms with Crippen LogP contribution >= 0.6 is 0 Å². The zero-order valence-corrected chi connectivity index (χ0v) is 12.8. The molecule has 0 aliphatic heterocycles. The molecule has 116 valence electrons. The van der Waals surface area contributed by atoms with Crippen molar-refractivity contribution in [2.75, 3.05) is 6.61 Å². The Labute approximate surface area is 125 Å². The zero-order chi connectivity index (χ0) is 15.0. The summed E-state index contributed by atoms with van der Waals surface area (Å²) in [5.74, 6) is 1.24. The third kappa shape index (κ3) is 3.28. The molecule has 0 radical (unpaired) electrons. The van der Waals surface area contributed by atoms with Crippen LogP contribution in [0, 0.1) is 17.8 Å². The van der Waals surface area contributed by atoms with Crippen LogP contribution in [0.2, 0.25) is 0 Å². The van der Waals surface area contributed by atoms with Gasteiger partial charge in [-0.15, -0.1) is 0 Å². The first-order valence-corrected chi connectivity index (χ1v) is 8.07. The van der Waals surface area contributed by atoms with Crippen LogP contribution < -0.4 is 5.32 Å². The number of amides is 1. The summed E-state index contributed by atoms with van der Waals surface area (Å²) in [5.41, 5.74) is 0.474. The summed E-state index contributed by atoms with van der Waals surface area (Å²) in [6.07, 6.45) is 6.54. The van der Waals surface area contributed by atoms with Gasteiger partial charge in [-0.1, -0.05) is 0 Å². The van der Waals surface area contributed by atoms with Gasteiger partial charge in [0.1, 0.15) is 5.69 Å². The van der Waals surface area contributed by atoms with Crippen LogP contribution in [0.1, 0.15) is 56.1 Å². The van der Waals surface area contributed by atoms with Gasteiger partial charge in [0.2, 0.25) is 0 Å². The Morgan fingerprint density at radius 2 is 2.05 bits per heavy atom. The molecule has 5 nitrogen and oxygen atoms in total. The first kappa shape index (κ1) is 14.6. The van der Waals surface area contributed by atoms with Gasteiger partial charge in [-0.3, -0.25) is 9.48 Å². The van der Waals surface area contributed by atoms with Gasteiger partial charge in [0.25, 0.3) is 5.91 Å². The Morgan fingerprint density at radius 3 is 2.52 bits per heavy atom. The monoisotopic (exact) mass is 291 g/mol. The lowest BCUT2D eigenvalue weighted by molar-refractivity contribution is 0.0873. The Bertz CT molecular complexity index is 503. The maximum atomic E-state index is 12.4. The van der Waals surface area contributed by atoms with E-state index in [0.717, 1.165) is 12.8 Å². The molecule has 1 amide bonds. The van der Waals surface area contributed by atoms with Gasteiger partial charge in [-0.05, 0) is 57.4 Å². The highest BCUT2D eigenvalue weighted by Gasteiger charge is 2.43. The van der Waals surface area contributed by atoms with Crippen LogP contribution in [0.15, 0.2) is 12.3 Å². The van der Waals surface area contributed by atoms with Crippen molar-refractivity contribution in [2.24, 2.45) is 17.8 Å². The summed E-state index contributed by atoms with van der Waals surface area (Å²) in [6, 6.07) is 2.13. The average Bonchev–Trinajstić information content (AvgIpc) is 3.37. The van der Waals surface area contributed by atoms with Gasteiger partial charge in [-0.25, -0.2) is 0 Å². The fourth-order valence-electron chi connectivity index (χ4n) is 3.08. The minimum Gasteiger partial charge on any atom is -0.396 e. The van der Waals surface area contributed by atoms with Crippen molar-refractivity contribution in [1.82, 2.24) is 15.1 Å². The molecule has 2 saturated carbocycles. The Kier molecular flexibility index (Phi) is 4.02. The summed E-state index contributed by atoms with van der Waals surface area (Å²) in [5, 5.41) is 17.1. The van der Waals surface area contributed by atoms with Crippen molar-refractivity contribution in [3.63, 3.8) is 0 Å². The van der Waals surface area contributed by atoms with Crippen molar-refractivity contribution < 1.29 is 9.90 Å². The highest BCUT2D eigenvalue weighted by Crippen LogP contribution is 2.45. The predicted octanol–water partition coefficient (Wildman–Crippen LogP) is 1.99. The Morgan fingerprint density at radius 1 is 1.38 bits per heavy atom. The van der Waals surface area contributed by atoms with Crippen molar-refractivity contribution >= 4 is 5.91 Å². The Balaban J connectivity index is 1.68. The van der Waals surface area contributed by atoms with Crippen LogP contribution in [-0.2, 0) is 0 Å². The SMILES string of the molecule is CC(C)n1ccc(C(=O)N[C@H](C2CC2)[C@H](CO)C2CC2)n1. The van der Waals surface area contributed by atoms with Crippen molar-refractivity contribution in [1.29, 1.82) is 0 Å². The van der Waals surface area contributed by atoms with Crippen LogP contribution in [0.3, 0.4) is 0 Å². The molecular weight excluding hydrogens is 266 g/mol. The number of aliphatic hydroxyl groups excluding tert-OH is 1. The summed E-state index contributed by atoms with van der Waals surface area (Å²) < 4.78 is 1.80. The molecule has 21 heavy (non-hydrogen) atoms. The largest absolute Gasteiger partial charge is 0.396 e. The molecule has 1 aromatic rings. The molecule has 0 unspecified atom stereocenters. The normalized spacial score (nSPS) is 21.3. The van der Waals surface area contributed by atoms with E-state index >= 15 is 0 Å².